The fraction of sp³-hybridized carbons (Fsp3) is 0.588. The van der Waals surface area contributed by atoms with Crippen molar-refractivity contribution in [3.05, 3.63) is 23.8 Å². The van der Waals surface area contributed by atoms with E-state index in [1.54, 1.807) is 19.0 Å². The van der Waals surface area contributed by atoms with Crippen molar-refractivity contribution in [3.63, 3.8) is 0 Å². The molecule has 4 nitrogen and oxygen atoms in total. The Bertz CT molecular complexity index is 541. The summed E-state index contributed by atoms with van der Waals surface area (Å²) in [6.45, 7) is 1.06. The Hall–Kier alpha value is -1.71. The summed E-state index contributed by atoms with van der Waals surface area (Å²) in [4.78, 5) is 16.3. The van der Waals surface area contributed by atoms with Crippen LogP contribution in [0.1, 0.15) is 42.5 Å². The zero-order valence-electron chi connectivity index (χ0n) is 13.0. The molecule has 1 aliphatic heterocycles. The van der Waals surface area contributed by atoms with Gasteiger partial charge in [0.25, 0.3) is 5.91 Å². The van der Waals surface area contributed by atoms with Gasteiger partial charge in [0.1, 0.15) is 0 Å². The lowest BCUT2D eigenvalue weighted by molar-refractivity contribution is 0.0827. The molecule has 114 valence electrons. The highest BCUT2D eigenvalue weighted by atomic mass is 16.2. The lowest BCUT2D eigenvalue weighted by atomic mass is 9.91. The number of hydrogen-bond acceptors (Lipinski definition) is 3. The normalized spacial score (nSPS) is 24.8. The van der Waals surface area contributed by atoms with Crippen molar-refractivity contribution >= 4 is 17.3 Å². The van der Waals surface area contributed by atoms with Gasteiger partial charge in [-0.05, 0) is 49.8 Å². The molecule has 0 radical (unpaired) electrons. The molecule has 1 aromatic rings. The van der Waals surface area contributed by atoms with Gasteiger partial charge in [-0.15, -0.1) is 0 Å². The van der Waals surface area contributed by atoms with Gasteiger partial charge in [-0.3, -0.25) is 4.79 Å². The van der Waals surface area contributed by atoms with Crippen LogP contribution in [-0.2, 0) is 0 Å². The molecule has 1 saturated heterocycles. The molecule has 1 heterocycles. The number of anilines is 2. The van der Waals surface area contributed by atoms with E-state index in [2.05, 4.69) is 4.90 Å². The number of amides is 1. The third kappa shape index (κ3) is 2.59. The molecule has 4 heteroatoms. The van der Waals surface area contributed by atoms with Crippen LogP contribution in [0.5, 0.6) is 0 Å². The molecular weight excluding hydrogens is 262 g/mol. The van der Waals surface area contributed by atoms with Crippen LogP contribution in [0.15, 0.2) is 18.2 Å². The number of carbonyl (C=O) groups excluding carboxylic acids is 1. The van der Waals surface area contributed by atoms with E-state index in [0.29, 0.717) is 6.04 Å². The van der Waals surface area contributed by atoms with E-state index in [-0.39, 0.29) is 5.91 Å². The zero-order chi connectivity index (χ0) is 15.0. The van der Waals surface area contributed by atoms with Gasteiger partial charge in [-0.1, -0.05) is 6.42 Å². The standard InChI is InChI=1S/C17H25N3O/c1-19(2)17(21)13-8-9-14(18)16(11-13)20-10-4-6-12-5-3-7-15(12)20/h8-9,11-12,15H,3-7,10,18H2,1-2H3. The van der Waals surface area contributed by atoms with Gasteiger partial charge >= 0.3 is 0 Å². The summed E-state index contributed by atoms with van der Waals surface area (Å²) in [5, 5.41) is 0. The largest absolute Gasteiger partial charge is 0.397 e. The highest BCUT2D eigenvalue weighted by Crippen LogP contribution is 2.40. The number of nitrogen functional groups attached to an aromatic ring is 1. The van der Waals surface area contributed by atoms with Crippen LogP contribution in [0.25, 0.3) is 0 Å². The zero-order valence-corrected chi connectivity index (χ0v) is 13.0. The Balaban J connectivity index is 1.93. The fourth-order valence-corrected chi connectivity index (χ4v) is 3.94. The topological polar surface area (TPSA) is 49.6 Å². The third-order valence-corrected chi connectivity index (χ3v) is 4.99. The van der Waals surface area contributed by atoms with Crippen molar-refractivity contribution in [3.8, 4) is 0 Å². The van der Waals surface area contributed by atoms with Gasteiger partial charge in [-0.2, -0.15) is 0 Å². The van der Waals surface area contributed by atoms with E-state index >= 15 is 0 Å². The number of hydrogen-bond donors (Lipinski definition) is 1. The molecule has 2 unspecified atom stereocenters. The van der Waals surface area contributed by atoms with Crippen molar-refractivity contribution in [2.75, 3.05) is 31.3 Å². The Morgan fingerprint density at radius 1 is 1.24 bits per heavy atom. The number of rotatable bonds is 2. The number of fused-ring (bicyclic) bond motifs is 1. The first kappa shape index (κ1) is 14.2. The van der Waals surface area contributed by atoms with Gasteiger partial charge in [0.2, 0.25) is 0 Å². The minimum absolute atomic E-state index is 0.0382. The van der Waals surface area contributed by atoms with Crippen molar-refractivity contribution in [1.82, 2.24) is 4.90 Å². The second-order valence-corrected chi connectivity index (χ2v) is 6.57. The summed E-state index contributed by atoms with van der Waals surface area (Å²) in [5.74, 6) is 0.850. The number of carbonyl (C=O) groups is 1. The highest BCUT2D eigenvalue weighted by Gasteiger charge is 2.35. The van der Waals surface area contributed by atoms with Gasteiger partial charge in [0, 0.05) is 32.2 Å². The lowest BCUT2D eigenvalue weighted by Crippen LogP contribution is -2.43. The maximum absolute atomic E-state index is 12.2. The van der Waals surface area contributed by atoms with Gasteiger partial charge in [-0.25, -0.2) is 0 Å². The molecule has 0 bridgehead atoms. The van der Waals surface area contributed by atoms with Crippen molar-refractivity contribution in [2.45, 2.75) is 38.1 Å². The first-order valence-electron chi connectivity index (χ1n) is 7.95. The molecule has 1 aliphatic carbocycles. The van der Waals surface area contributed by atoms with Crippen LogP contribution >= 0.6 is 0 Å². The van der Waals surface area contributed by atoms with E-state index in [1.165, 1.54) is 32.1 Å². The first-order valence-corrected chi connectivity index (χ1v) is 7.95. The molecular formula is C17H25N3O. The number of nitrogens with zero attached hydrogens (tertiary/aromatic N) is 2. The Labute approximate surface area is 126 Å². The van der Waals surface area contributed by atoms with Crippen LogP contribution < -0.4 is 10.6 Å². The van der Waals surface area contributed by atoms with Crippen LogP contribution in [0.2, 0.25) is 0 Å². The summed E-state index contributed by atoms with van der Waals surface area (Å²) in [5.41, 5.74) is 8.78. The summed E-state index contributed by atoms with van der Waals surface area (Å²) >= 11 is 0. The molecule has 2 atom stereocenters. The molecule has 0 aromatic heterocycles. The van der Waals surface area contributed by atoms with E-state index in [9.17, 15) is 4.79 Å². The van der Waals surface area contributed by atoms with Gasteiger partial charge in [0.05, 0.1) is 11.4 Å². The second-order valence-electron chi connectivity index (χ2n) is 6.57. The maximum atomic E-state index is 12.2. The molecule has 3 rings (SSSR count). The maximum Gasteiger partial charge on any atom is 0.253 e. The Kier molecular flexibility index (Phi) is 3.79. The molecule has 21 heavy (non-hydrogen) atoms. The minimum Gasteiger partial charge on any atom is -0.397 e. The Morgan fingerprint density at radius 3 is 2.76 bits per heavy atom. The molecule has 0 spiro atoms. The monoisotopic (exact) mass is 287 g/mol. The van der Waals surface area contributed by atoms with Crippen molar-refractivity contribution < 1.29 is 4.79 Å². The summed E-state index contributed by atoms with van der Waals surface area (Å²) in [7, 11) is 3.57. The predicted molar refractivity (Wildman–Crippen MR) is 86.6 cm³/mol. The minimum atomic E-state index is 0.0382. The molecule has 1 aromatic carbocycles. The summed E-state index contributed by atoms with van der Waals surface area (Å²) < 4.78 is 0. The molecule has 1 saturated carbocycles. The average molecular weight is 287 g/mol. The van der Waals surface area contributed by atoms with Crippen LogP contribution in [0.3, 0.4) is 0 Å². The van der Waals surface area contributed by atoms with E-state index < -0.39 is 0 Å². The SMILES string of the molecule is CN(C)C(=O)c1ccc(N)c(N2CCCC3CCCC32)c1. The third-order valence-electron chi connectivity index (χ3n) is 4.99. The smallest absolute Gasteiger partial charge is 0.253 e. The van der Waals surface area contributed by atoms with Crippen molar-refractivity contribution in [1.29, 1.82) is 0 Å². The number of nitrogens with two attached hydrogens (primary N) is 1. The van der Waals surface area contributed by atoms with Crippen molar-refractivity contribution in [2.24, 2.45) is 5.92 Å². The highest BCUT2D eigenvalue weighted by molar-refractivity contribution is 5.96. The van der Waals surface area contributed by atoms with E-state index in [1.807, 2.05) is 18.2 Å². The first-order chi connectivity index (χ1) is 10.1. The van der Waals surface area contributed by atoms with E-state index in [4.69, 9.17) is 5.73 Å². The fourth-order valence-electron chi connectivity index (χ4n) is 3.94. The Morgan fingerprint density at radius 2 is 2.00 bits per heavy atom. The molecule has 2 N–H and O–H groups in total. The average Bonchev–Trinajstić information content (AvgIpc) is 2.95. The second kappa shape index (κ2) is 5.58. The van der Waals surface area contributed by atoms with Gasteiger partial charge < -0.3 is 15.5 Å². The summed E-state index contributed by atoms with van der Waals surface area (Å²) in [6.07, 6.45) is 6.50. The number of benzene rings is 1. The lowest BCUT2D eigenvalue weighted by Gasteiger charge is -2.40. The molecule has 2 fully saturated rings. The van der Waals surface area contributed by atoms with E-state index in [0.717, 1.165) is 29.4 Å². The molecule has 1 amide bonds. The van der Waals surface area contributed by atoms with Crippen LogP contribution in [0, 0.1) is 5.92 Å². The summed E-state index contributed by atoms with van der Waals surface area (Å²) in [6, 6.07) is 6.31. The van der Waals surface area contributed by atoms with Crippen LogP contribution in [-0.4, -0.2) is 37.5 Å². The van der Waals surface area contributed by atoms with Gasteiger partial charge in [0.15, 0.2) is 0 Å². The van der Waals surface area contributed by atoms with Crippen LogP contribution in [0.4, 0.5) is 11.4 Å². The predicted octanol–water partition coefficient (Wildman–Crippen LogP) is 2.74. The molecule has 2 aliphatic rings. The quantitative estimate of drug-likeness (QED) is 0.851. The number of piperidine rings is 1.